The van der Waals surface area contributed by atoms with Crippen molar-refractivity contribution in [2.75, 3.05) is 20.6 Å². The van der Waals surface area contributed by atoms with E-state index in [0.29, 0.717) is 18.7 Å². The van der Waals surface area contributed by atoms with Crippen molar-refractivity contribution in [1.82, 2.24) is 9.31 Å². The first-order chi connectivity index (χ1) is 12.3. The highest BCUT2D eigenvalue weighted by atomic mass is 32.2. The summed E-state index contributed by atoms with van der Waals surface area (Å²) in [6.45, 7) is 0.391. The van der Waals surface area contributed by atoms with Gasteiger partial charge in [0, 0.05) is 26.1 Å². The maximum atomic E-state index is 13.3. The number of carbonyl (C=O) groups excluding carboxylic acids is 1. The molecule has 0 aliphatic carbocycles. The lowest BCUT2D eigenvalue weighted by Crippen LogP contribution is -2.23. The zero-order chi connectivity index (χ0) is 18.9. The second-order valence-electron chi connectivity index (χ2n) is 6.05. The first-order valence-corrected chi connectivity index (χ1v) is 9.41. The molecule has 0 saturated carbocycles. The summed E-state index contributed by atoms with van der Waals surface area (Å²) in [4.78, 5) is 12.6. The Kier molecular flexibility index (Phi) is 4.88. The Bertz CT molecular complexity index is 969. The van der Waals surface area contributed by atoms with Gasteiger partial charge in [-0.1, -0.05) is 18.2 Å². The molecule has 2 aromatic carbocycles. The molecule has 2 aromatic rings. The van der Waals surface area contributed by atoms with Gasteiger partial charge in [0.1, 0.15) is 5.82 Å². The van der Waals surface area contributed by atoms with Crippen molar-refractivity contribution < 1.29 is 17.6 Å². The molecule has 1 heterocycles. The van der Waals surface area contributed by atoms with Crippen LogP contribution in [0.15, 0.2) is 58.5 Å². The number of benzene rings is 2. The molecular weight excluding hydrogens is 357 g/mol. The number of rotatable bonds is 4. The van der Waals surface area contributed by atoms with Gasteiger partial charge in [0.2, 0.25) is 10.0 Å². The molecule has 0 bridgehead atoms. The van der Waals surface area contributed by atoms with Gasteiger partial charge in [-0.15, -0.1) is 0 Å². The molecule has 6 nitrogen and oxygen atoms in total. The van der Waals surface area contributed by atoms with E-state index < -0.39 is 15.8 Å². The molecule has 136 valence electrons. The lowest BCUT2D eigenvalue weighted by atomic mass is 10.1. The zero-order valence-corrected chi connectivity index (χ0v) is 15.2. The standard InChI is InChI=1S/C18H18FN3O3S/c1-21(2)26(24,25)16-8-6-13(7-9-16)17-10-11-22(20-17)18(23)14-4-3-5-15(19)12-14/h3-9,12H,10-11H2,1-2H3. The van der Waals surface area contributed by atoms with Gasteiger partial charge in [0.05, 0.1) is 17.2 Å². The Morgan fingerprint density at radius 3 is 2.46 bits per heavy atom. The molecule has 0 unspecified atom stereocenters. The van der Waals surface area contributed by atoms with Crippen LogP contribution >= 0.6 is 0 Å². The minimum atomic E-state index is -3.49. The number of amides is 1. The predicted octanol–water partition coefficient (Wildman–Crippen LogP) is 2.33. The molecular formula is C18H18FN3O3S. The molecule has 26 heavy (non-hydrogen) atoms. The van der Waals surface area contributed by atoms with E-state index in [4.69, 9.17) is 0 Å². The van der Waals surface area contributed by atoms with Crippen LogP contribution in [0, 0.1) is 5.82 Å². The Labute approximate surface area is 151 Å². The largest absolute Gasteiger partial charge is 0.274 e. The van der Waals surface area contributed by atoms with Gasteiger partial charge in [0.25, 0.3) is 5.91 Å². The topological polar surface area (TPSA) is 70.1 Å². The average molecular weight is 375 g/mol. The van der Waals surface area contributed by atoms with Crippen molar-refractivity contribution in [1.29, 1.82) is 0 Å². The summed E-state index contributed by atoms with van der Waals surface area (Å²) in [6.07, 6.45) is 0.542. The number of nitrogens with zero attached hydrogens (tertiary/aromatic N) is 3. The highest BCUT2D eigenvalue weighted by Crippen LogP contribution is 2.19. The molecule has 0 atom stereocenters. The first kappa shape index (κ1) is 18.2. The van der Waals surface area contributed by atoms with Crippen LogP contribution in [-0.4, -0.2) is 50.0 Å². The van der Waals surface area contributed by atoms with E-state index in [0.717, 1.165) is 9.87 Å². The lowest BCUT2D eigenvalue weighted by Gasteiger charge is -2.11. The van der Waals surface area contributed by atoms with Gasteiger partial charge in [-0.05, 0) is 35.9 Å². The van der Waals surface area contributed by atoms with Crippen LogP contribution in [0.3, 0.4) is 0 Å². The average Bonchev–Trinajstić information content (AvgIpc) is 3.11. The van der Waals surface area contributed by atoms with Gasteiger partial charge < -0.3 is 0 Å². The van der Waals surface area contributed by atoms with Crippen LogP contribution in [0.1, 0.15) is 22.3 Å². The molecule has 0 radical (unpaired) electrons. The monoisotopic (exact) mass is 375 g/mol. The number of sulfonamides is 1. The second-order valence-corrected chi connectivity index (χ2v) is 8.20. The summed E-state index contributed by atoms with van der Waals surface area (Å²) in [5, 5.41) is 5.61. The smallest absolute Gasteiger partial charge is 0.267 e. The molecule has 3 rings (SSSR count). The first-order valence-electron chi connectivity index (χ1n) is 7.97. The Hall–Kier alpha value is -2.58. The van der Waals surface area contributed by atoms with Crippen molar-refractivity contribution in [2.45, 2.75) is 11.3 Å². The van der Waals surface area contributed by atoms with E-state index in [1.807, 2.05) is 0 Å². The minimum absolute atomic E-state index is 0.192. The van der Waals surface area contributed by atoms with Crippen molar-refractivity contribution in [3.8, 4) is 0 Å². The molecule has 1 amide bonds. The Morgan fingerprint density at radius 2 is 1.85 bits per heavy atom. The molecule has 1 aliphatic heterocycles. The normalized spacial score (nSPS) is 14.6. The highest BCUT2D eigenvalue weighted by Gasteiger charge is 2.23. The van der Waals surface area contributed by atoms with Crippen LogP contribution in [0.25, 0.3) is 0 Å². The van der Waals surface area contributed by atoms with E-state index >= 15 is 0 Å². The summed E-state index contributed by atoms with van der Waals surface area (Å²) in [5.74, 6) is -0.844. The molecule has 0 N–H and O–H groups in total. The maximum Gasteiger partial charge on any atom is 0.274 e. The fraction of sp³-hybridized carbons (Fsp3) is 0.222. The van der Waals surface area contributed by atoms with E-state index in [1.165, 1.54) is 49.4 Å². The van der Waals surface area contributed by atoms with Gasteiger partial charge in [-0.2, -0.15) is 5.10 Å². The van der Waals surface area contributed by atoms with Crippen LogP contribution in [-0.2, 0) is 10.0 Å². The fourth-order valence-corrected chi connectivity index (χ4v) is 3.51. The number of hydrazone groups is 1. The Morgan fingerprint density at radius 1 is 1.15 bits per heavy atom. The van der Waals surface area contributed by atoms with Crippen LogP contribution in [0.2, 0.25) is 0 Å². The van der Waals surface area contributed by atoms with E-state index in [-0.39, 0.29) is 16.4 Å². The SMILES string of the molecule is CN(C)S(=O)(=O)c1ccc(C2=NN(C(=O)c3cccc(F)c3)CC2)cc1. The summed E-state index contributed by atoms with van der Waals surface area (Å²) in [6, 6.07) is 11.9. The molecule has 0 spiro atoms. The quantitative estimate of drug-likeness (QED) is 0.824. The van der Waals surface area contributed by atoms with Crippen molar-refractivity contribution in [2.24, 2.45) is 5.10 Å². The molecule has 0 saturated heterocycles. The highest BCUT2D eigenvalue weighted by molar-refractivity contribution is 7.89. The lowest BCUT2D eigenvalue weighted by molar-refractivity contribution is 0.0778. The van der Waals surface area contributed by atoms with Crippen LogP contribution < -0.4 is 0 Å². The third kappa shape index (κ3) is 3.51. The van der Waals surface area contributed by atoms with Crippen molar-refractivity contribution in [3.05, 3.63) is 65.5 Å². The van der Waals surface area contributed by atoms with Gasteiger partial charge in [-0.25, -0.2) is 22.1 Å². The number of carbonyl (C=O) groups is 1. The maximum absolute atomic E-state index is 13.3. The number of halogens is 1. The van der Waals surface area contributed by atoms with Gasteiger partial charge >= 0.3 is 0 Å². The van der Waals surface area contributed by atoms with E-state index in [2.05, 4.69) is 5.10 Å². The van der Waals surface area contributed by atoms with Crippen LogP contribution in [0.4, 0.5) is 4.39 Å². The summed E-state index contributed by atoms with van der Waals surface area (Å²) >= 11 is 0. The van der Waals surface area contributed by atoms with E-state index in [9.17, 15) is 17.6 Å². The van der Waals surface area contributed by atoms with Crippen LogP contribution in [0.5, 0.6) is 0 Å². The summed E-state index contributed by atoms with van der Waals surface area (Å²) in [5.41, 5.74) is 1.67. The third-order valence-electron chi connectivity index (χ3n) is 4.07. The van der Waals surface area contributed by atoms with Crippen molar-refractivity contribution in [3.63, 3.8) is 0 Å². The molecule has 0 aromatic heterocycles. The third-order valence-corrected chi connectivity index (χ3v) is 5.90. The molecule has 1 aliphatic rings. The molecule has 8 heteroatoms. The summed E-state index contributed by atoms with van der Waals surface area (Å²) < 4.78 is 38.6. The number of hydrogen-bond acceptors (Lipinski definition) is 4. The van der Waals surface area contributed by atoms with E-state index in [1.54, 1.807) is 18.2 Å². The summed E-state index contributed by atoms with van der Waals surface area (Å²) in [7, 11) is -0.543. The number of hydrogen-bond donors (Lipinski definition) is 0. The van der Waals surface area contributed by atoms with Gasteiger partial charge in [-0.3, -0.25) is 4.79 Å². The van der Waals surface area contributed by atoms with Crippen molar-refractivity contribution >= 4 is 21.6 Å². The zero-order valence-electron chi connectivity index (χ0n) is 14.4. The predicted molar refractivity (Wildman–Crippen MR) is 95.9 cm³/mol. The fourth-order valence-electron chi connectivity index (χ4n) is 2.61. The molecule has 0 fully saturated rings. The van der Waals surface area contributed by atoms with Gasteiger partial charge in [0.15, 0.2) is 0 Å². The second kappa shape index (κ2) is 6.97. The Balaban J connectivity index is 1.81. The minimum Gasteiger partial charge on any atom is -0.267 e.